The number of hydrogen-bond acceptors (Lipinski definition) is 6. The van der Waals surface area contributed by atoms with Crippen LogP contribution in [-0.4, -0.2) is 53.2 Å². The quantitative estimate of drug-likeness (QED) is 0.865. The van der Waals surface area contributed by atoms with Crippen molar-refractivity contribution in [1.29, 1.82) is 0 Å². The van der Waals surface area contributed by atoms with Crippen molar-refractivity contribution >= 4 is 28.3 Å². The van der Waals surface area contributed by atoms with Crippen LogP contribution in [0.2, 0.25) is 0 Å². The third kappa shape index (κ3) is 4.16. The molecule has 0 aromatic carbocycles. The fourth-order valence-corrected chi connectivity index (χ4v) is 2.87. The summed E-state index contributed by atoms with van der Waals surface area (Å²) in [6.07, 6.45) is -4.60. The average molecular weight is 352 g/mol. The summed E-state index contributed by atoms with van der Waals surface area (Å²) in [6, 6.07) is -0.177. The summed E-state index contributed by atoms with van der Waals surface area (Å²) in [4.78, 5) is 25.5. The van der Waals surface area contributed by atoms with Crippen LogP contribution in [0.15, 0.2) is 0 Å². The van der Waals surface area contributed by atoms with E-state index in [1.54, 1.807) is 6.92 Å². The van der Waals surface area contributed by atoms with Gasteiger partial charge in [0.2, 0.25) is 22.0 Å². The molecule has 0 saturated carbocycles. The largest absolute Gasteiger partial charge is 0.445 e. The molecule has 7 nitrogen and oxygen atoms in total. The van der Waals surface area contributed by atoms with E-state index < -0.39 is 23.0 Å². The number of likely N-dealkylation sites (tertiary alicyclic amines) is 1. The highest BCUT2D eigenvalue weighted by atomic mass is 32.1. The number of ether oxygens (including phenoxy) is 1. The van der Waals surface area contributed by atoms with Crippen molar-refractivity contribution < 1.29 is 27.5 Å². The number of hydrogen-bond donors (Lipinski definition) is 1. The van der Waals surface area contributed by atoms with Gasteiger partial charge in [0, 0.05) is 20.1 Å². The number of rotatable bonds is 5. The minimum absolute atomic E-state index is 0.00478. The number of carbonyl (C=O) groups is 2. The molecule has 1 aromatic heterocycles. The van der Waals surface area contributed by atoms with Crippen LogP contribution in [-0.2, 0) is 20.5 Å². The Labute approximate surface area is 133 Å². The van der Waals surface area contributed by atoms with Crippen LogP contribution in [0.5, 0.6) is 0 Å². The molecule has 0 unspecified atom stereocenters. The summed E-state index contributed by atoms with van der Waals surface area (Å²) in [7, 11) is 1.51. The van der Waals surface area contributed by atoms with E-state index in [4.69, 9.17) is 4.74 Å². The van der Waals surface area contributed by atoms with Crippen molar-refractivity contribution in [2.45, 2.75) is 25.6 Å². The number of halogens is 3. The minimum Gasteiger partial charge on any atom is -0.383 e. The Morgan fingerprint density at radius 1 is 1.52 bits per heavy atom. The van der Waals surface area contributed by atoms with Gasteiger partial charge in [-0.2, -0.15) is 13.2 Å². The van der Waals surface area contributed by atoms with Crippen molar-refractivity contribution in [2.75, 3.05) is 25.6 Å². The zero-order valence-corrected chi connectivity index (χ0v) is 13.2. The van der Waals surface area contributed by atoms with Crippen LogP contribution < -0.4 is 5.32 Å². The normalized spacial score (nSPS) is 20.0. The Bertz CT molecular complexity index is 592. The zero-order chi connectivity index (χ0) is 17.2. The maximum absolute atomic E-state index is 12.4. The van der Waals surface area contributed by atoms with E-state index in [0.717, 1.165) is 0 Å². The molecule has 2 atom stereocenters. The highest BCUT2D eigenvalue weighted by Crippen LogP contribution is 2.33. The molecule has 1 fully saturated rings. The Morgan fingerprint density at radius 3 is 2.78 bits per heavy atom. The molecular formula is C12H15F3N4O3S. The van der Waals surface area contributed by atoms with E-state index in [1.165, 1.54) is 12.0 Å². The lowest BCUT2D eigenvalue weighted by Gasteiger charge is -2.23. The lowest BCUT2D eigenvalue weighted by molar-refractivity contribution is -0.138. The molecule has 1 aromatic rings. The van der Waals surface area contributed by atoms with Crippen molar-refractivity contribution in [1.82, 2.24) is 15.1 Å². The minimum atomic E-state index is -4.60. The first-order chi connectivity index (χ1) is 10.7. The van der Waals surface area contributed by atoms with E-state index in [2.05, 4.69) is 15.5 Å². The number of alkyl halides is 3. The molecule has 0 aliphatic carbocycles. The Balaban J connectivity index is 1.97. The van der Waals surface area contributed by atoms with E-state index >= 15 is 0 Å². The third-order valence-electron chi connectivity index (χ3n) is 3.37. The summed E-state index contributed by atoms with van der Waals surface area (Å²) in [6.45, 7) is 2.33. The molecule has 2 rings (SSSR count). The molecule has 0 bridgehead atoms. The molecule has 0 spiro atoms. The van der Waals surface area contributed by atoms with Gasteiger partial charge in [-0.25, -0.2) is 0 Å². The van der Waals surface area contributed by atoms with Crippen LogP contribution in [0.1, 0.15) is 18.4 Å². The average Bonchev–Trinajstić information content (AvgIpc) is 3.05. The second-order valence-corrected chi connectivity index (χ2v) is 6.13. The molecule has 2 heterocycles. The first-order valence-corrected chi connectivity index (χ1v) is 7.54. The van der Waals surface area contributed by atoms with Gasteiger partial charge in [-0.3, -0.25) is 9.59 Å². The highest BCUT2D eigenvalue weighted by molar-refractivity contribution is 7.15. The first kappa shape index (κ1) is 17.6. The van der Waals surface area contributed by atoms with E-state index in [0.29, 0.717) is 6.61 Å². The van der Waals surface area contributed by atoms with Gasteiger partial charge in [-0.1, -0.05) is 11.3 Å². The summed E-state index contributed by atoms with van der Waals surface area (Å²) in [5.41, 5.74) is 0. The van der Waals surface area contributed by atoms with Crippen LogP contribution in [0, 0.1) is 5.92 Å². The number of anilines is 1. The summed E-state index contributed by atoms with van der Waals surface area (Å²) in [5, 5.41) is 7.19. The zero-order valence-electron chi connectivity index (χ0n) is 12.4. The van der Waals surface area contributed by atoms with Crippen molar-refractivity contribution in [3.05, 3.63) is 5.01 Å². The smallest absolute Gasteiger partial charge is 0.383 e. The second kappa shape index (κ2) is 6.79. The van der Waals surface area contributed by atoms with Gasteiger partial charge in [0.25, 0.3) is 0 Å². The SMILES string of the molecule is COC[C@@H](C)N1C[C@@H](C(=O)Nc2nnc(C(F)(F)F)s2)CC1=O. The number of aromatic nitrogens is 2. The van der Waals surface area contributed by atoms with Crippen LogP contribution in [0.4, 0.5) is 18.3 Å². The van der Waals surface area contributed by atoms with E-state index in [-0.39, 0.29) is 41.4 Å². The standard InChI is InChI=1S/C12H15F3N4O3S/c1-6(5-22-2)19-4-7(3-8(19)20)9(21)16-11-18-17-10(23-11)12(13,14)15/h6-7H,3-5H2,1-2H3,(H,16,18,21)/t6-,7+/m1/s1. The number of nitrogens with zero attached hydrogens (tertiary/aromatic N) is 3. The van der Waals surface area contributed by atoms with Crippen LogP contribution >= 0.6 is 11.3 Å². The highest BCUT2D eigenvalue weighted by Gasteiger charge is 2.38. The molecular weight excluding hydrogens is 337 g/mol. The van der Waals surface area contributed by atoms with Crippen molar-refractivity contribution in [3.8, 4) is 0 Å². The number of nitrogens with one attached hydrogen (secondary N) is 1. The van der Waals surface area contributed by atoms with Gasteiger partial charge in [0.05, 0.1) is 18.6 Å². The predicted molar refractivity (Wildman–Crippen MR) is 74.7 cm³/mol. The second-order valence-electron chi connectivity index (χ2n) is 5.15. The Morgan fingerprint density at radius 2 is 2.22 bits per heavy atom. The third-order valence-corrected chi connectivity index (χ3v) is 4.25. The number of amides is 2. The molecule has 128 valence electrons. The topological polar surface area (TPSA) is 84.4 Å². The lowest BCUT2D eigenvalue weighted by atomic mass is 10.1. The van der Waals surface area contributed by atoms with Gasteiger partial charge in [-0.05, 0) is 6.92 Å². The van der Waals surface area contributed by atoms with Crippen molar-refractivity contribution in [3.63, 3.8) is 0 Å². The molecule has 2 amide bonds. The summed E-state index contributed by atoms with van der Waals surface area (Å²) in [5.74, 6) is -1.38. The van der Waals surface area contributed by atoms with Gasteiger partial charge < -0.3 is 15.0 Å². The number of carbonyl (C=O) groups excluding carboxylic acids is 2. The molecule has 11 heteroatoms. The van der Waals surface area contributed by atoms with Gasteiger partial charge in [-0.15, -0.1) is 10.2 Å². The summed E-state index contributed by atoms with van der Waals surface area (Å²) >= 11 is 0.245. The van der Waals surface area contributed by atoms with E-state index in [1.807, 2.05) is 0 Å². The molecule has 0 radical (unpaired) electrons. The molecule has 1 N–H and O–H groups in total. The Hall–Kier alpha value is -1.75. The first-order valence-electron chi connectivity index (χ1n) is 6.72. The number of methoxy groups -OCH3 is 1. The maximum Gasteiger partial charge on any atom is 0.445 e. The Kier molecular flexibility index (Phi) is 5.19. The van der Waals surface area contributed by atoms with Crippen molar-refractivity contribution in [2.24, 2.45) is 5.92 Å². The predicted octanol–water partition coefficient (Wildman–Crippen LogP) is 1.38. The molecule has 1 saturated heterocycles. The fraction of sp³-hybridized carbons (Fsp3) is 0.667. The maximum atomic E-state index is 12.4. The molecule has 1 aliphatic heterocycles. The van der Waals surface area contributed by atoms with Gasteiger partial charge >= 0.3 is 6.18 Å². The fourth-order valence-electron chi connectivity index (χ4n) is 2.26. The van der Waals surface area contributed by atoms with Crippen LogP contribution in [0.25, 0.3) is 0 Å². The molecule has 1 aliphatic rings. The van der Waals surface area contributed by atoms with E-state index in [9.17, 15) is 22.8 Å². The monoisotopic (exact) mass is 352 g/mol. The summed E-state index contributed by atoms with van der Waals surface area (Å²) < 4.78 is 42.3. The van der Waals surface area contributed by atoms with Crippen LogP contribution in [0.3, 0.4) is 0 Å². The van der Waals surface area contributed by atoms with Gasteiger partial charge in [0.15, 0.2) is 0 Å². The van der Waals surface area contributed by atoms with Gasteiger partial charge in [0.1, 0.15) is 0 Å². The lowest BCUT2D eigenvalue weighted by Crippen LogP contribution is -2.38. The molecule has 23 heavy (non-hydrogen) atoms.